The van der Waals surface area contributed by atoms with Crippen molar-refractivity contribution in [2.24, 2.45) is 23.7 Å². The monoisotopic (exact) mass is 1370 g/mol. The Labute approximate surface area is 568 Å². The second-order valence-electron chi connectivity index (χ2n) is 28.4. The van der Waals surface area contributed by atoms with E-state index in [0.717, 1.165) is 114 Å². The van der Waals surface area contributed by atoms with Gasteiger partial charge in [0.15, 0.2) is 12.2 Å². The maximum atomic E-state index is 13.1. The predicted octanol–water partition coefficient (Wildman–Crippen LogP) is 21.3. The van der Waals surface area contributed by atoms with Gasteiger partial charge in [0, 0.05) is 25.7 Å². The van der Waals surface area contributed by atoms with Crippen molar-refractivity contribution in [1.82, 2.24) is 0 Å². The highest BCUT2D eigenvalue weighted by Crippen LogP contribution is 2.45. The first-order valence-electron chi connectivity index (χ1n) is 38.2. The fourth-order valence-electron chi connectivity index (χ4n) is 11.2. The third-order valence-electron chi connectivity index (χ3n) is 17.4. The summed E-state index contributed by atoms with van der Waals surface area (Å²) in [6, 6.07) is 0. The van der Waals surface area contributed by atoms with E-state index in [0.29, 0.717) is 31.6 Å². The number of hydrogen-bond donors (Lipinski definition) is 3. The van der Waals surface area contributed by atoms with E-state index < -0.39 is 97.5 Å². The second-order valence-corrected chi connectivity index (χ2v) is 31.3. The average molecular weight is 1370 g/mol. The Morgan fingerprint density at radius 3 is 0.763 bits per heavy atom. The molecule has 552 valence electrons. The van der Waals surface area contributed by atoms with Crippen molar-refractivity contribution in [3.05, 3.63) is 0 Å². The Morgan fingerprint density at radius 1 is 0.301 bits per heavy atom. The van der Waals surface area contributed by atoms with Crippen LogP contribution in [0.15, 0.2) is 0 Å². The molecule has 0 aliphatic carbocycles. The molecule has 0 spiro atoms. The number of hydrogen-bond acceptors (Lipinski definition) is 15. The van der Waals surface area contributed by atoms with Gasteiger partial charge in [0.1, 0.15) is 19.3 Å². The lowest BCUT2D eigenvalue weighted by atomic mass is 9.99. The van der Waals surface area contributed by atoms with Gasteiger partial charge in [-0.15, -0.1) is 0 Å². The molecule has 19 heteroatoms. The number of unbranched alkanes of at least 4 members (excludes halogenated alkanes) is 36. The summed E-state index contributed by atoms with van der Waals surface area (Å²) in [6.07, 6.45) is 47.2. The van der Waals surface area contributed by atoms with Crippen LogP contribution in [0.1, 0.15) is 370 Å². The van der Waals surface area contributed by atoms with Gasteiger partial charge in [-0.25, -0.2) is 9.13 Å². The Balaban J connectivity index is 5.25. The molecule has 3 unspecified atom stereocenters. The maximum absolute atomic E-state index is 13.1. The van der Waals surface area contributed by atoms with E-state index in [1.165, 1.54) is 167 Å². The molecule has 0 heterocycles. The third kappa shape index (κ3) is 67.0. The summed E-state index contributed by atoms with van der Waals surface area (Å²) in [4.78, 5) is 72.7. The first-order valence-corrected chi connectivity index (χ1v) is 41.2. The maximum Gasteiger partial charge on any atom is 0.472 e. The normalized spacial score (nSPS) is 14.5. The van der Waals surface area contributed by atoms with Crippen LogP contribution in [-0.4, -0.2) is 96.7 Å². The summed E-state index contributed by atoms with van der Waals surface area (Å²) >= 11 is 0. The number of carbonyl (C=O) groups is 4. The molecular weight excluding hydrogens is 1220 g/mol. The van der Waals surface area contributed by atoms with Gasteiger partial charge in [0.2, 0.25) is 0 Å². The largest absolute Gasteiger partial charge is 0.472 e. The molecule has 93 heavy (non-hydrogen) atoms. The standard InChI is InChI=1S/C74H144O17P2/c1-9-67(8)53-45-37-28-22-18-19-23-29-38-46-54-71(76)84-60-69(90-73(78)56-48-40-30-24-16-12-10-11-14-20-26-34-42-50-64(2)3)62-88-92(80,81)86-58-68(75)59-87-93(82,83)89-63-70(61-85-72(77)55-47-39-33-32-36-44-52-66(6)7)91-74(79)57-49-41-31-25-17-13-15-21-27-35-43-51-65(4)5/h64-70,75H,9-63H2,1-8H3,(H,80,81)(H,82,83)/t67?,68-,69-,70-/m1/s1. The zero-order valence-corrected chi connectivity index (χ0v) is 62.7. The van der Waals surface area contributed by atoms with Crippen LogP contribution in [0.5, 0.6) is 0 Å². The molecule has 0 aliphatic heterocycles. The van der Waals surface area contributed by atoms with Crippen molar-refractivity contribution in [2.45, 2.75) is 388 Å². The number of phosphoric acid groups is 2. The van der Waals surface area contributed by atoms with E-state index in [1.54, 1.807) is 0 Å². The van der Waals surface area contributed by atoms with Crippen LogP contribution >= 0.6 is 15.6 Å². The molecule has 0 fully saturated rings. The Hall–Kier alpha value is -1.94. The van der Waals surface area contributed by atoms with E-state index in [1.807, 2.05) is 0 Å². The van der Waals surface area contributed by atoms with Crippen molar-refractivity contribution in [1.29, 1.82) is 0 Å². The molecule has 0 saturated heterocycles. The molecule has 0 rings (SSSR count). The van der Waals surface area contributed by atoms with Crippen LogP contribution < -0.4 is 0 Å². The molecule has 6 atom stereocenters. The summed E-state index contributed by atoms with van der Waals surface area (Å²) in [6.45, 7) is 14.1. The van der Waals surface area contributed by atoms with Gasteiger partial charge >= 0.3 is 39.5 Å². The number of ether oxygens (including phenoxy) is 4. The van der Waals surface area contributed by atoms with Gasteiger partial charge in [-0.1, -0.05) is 319 Å². The van der Waals surface area contributed by atoms with Crippen LogP contribution in [0.4, 0.5) is 0 Å². The first-order chi connectivity index (χ1) is 44.6. The molecule has 0 amide bonds. The lowest BCUT2D eigenvalue weighted by Crippen LogP contribution is -2.30. The summed E-state index contributed by atoms with van der Waals surface area (Å²) in [5.41, 5.74) is 0. The molecule has 3 N–H and O–H groups in total. The highest BCUT2D eigenvalue weighted by atomic mass is 31.2. The molecule has 0 saturated carbocycles. The van der Waals surface area contributed by atoms with Gasteiger partial charge < -0.3 is 33.8 Å². The van der Waals surface area contributed by atoms with Gasteiger partial charge in [0.05, 0.1) is 26.4 Å². The van der Waals surface area contributed by atoms with Crippen molar-refractivity contribution >= 4 is 39.5 Å². The summed E-state index contributed by atoms with van der Waals surface area (Å²) in [7, 11) is -9.91. The molecule has 0 bridgehead atoms. The Kier molecular flexibility index (Phi) is 62.2. The number of rotatable bonds is 71. The van der Waals surface area contributed by atoms with Crippen molar-refractivity contribution in [2.75, 3.05) is 39.6 Å². The number of carbonyl (C=O) groups excluding carboxylic acids is 4. The Morgan fingerprint density at radius 2 is 0.516 bits per heavy atom. The van der Waals surface area contributed by atoms with E-state index in [9.17, 15) is 43.2 Å². The van der Waals surface area contributed by atoms with E-state index in [4.69, 9.17) is 37.0 Å². The molecule has 0 radical (unpaired) electrons. The van der Waals surface area contributed by atoms with Crippen molar-refractivity contribution in [3.8, 4) is 0 Å². The lowest BCUT2D eigenvalue weighted by Gasteiger charge is -2.21. The van der Waals surface area contributed by atoms with Crippen LogP contribution in [0, 0.1) is 23.7 Å². The summed E-state index contributed by atoms with van der Waals surface area (Å²) < 4.78 is 68.4. The first kappa shape index (κ1) is 91.1. The number of aliphatic hydroxyl groups is 1. The summed E-state index contributed by atoms with van der Waals surface area (Å²) in [5, 5.41) is 10.6. The van der Waals surface area contributed by atoms with Gasteiger partial charge in [-0.3, -0.25) is 37.3 Å². The zero-order valence-electron chi connectivity index (χ0n) is 60.9. The fourth-order valence-corrected chi connectivity index (χ4v) is 12.7. The zero-order chi connectivity index (χ0) is 68.9. The minimum atomic E-state index is -4.96. The average Bonchev–Trinajstić information content (AvgIpc) is 1.55. The van der Waals surface area contributed by atoms with Crippen LogP contribution in [0.2, 0.25) is 0 Å². The molecular formula is C74H144O17P2. The van der Waals surface area contributed by atoms with Crippen molar-refractivity contribution < 1.29 is 80.2 Å². The molecule has 0 aromatic heterocycles. The smallest absolute Gasteiger partial charge is 0.462 e. The number of phosphoric ester groups is 2. The molecule has 17 nitrogen and oxygen atoms in total. The van der Waals surface area contributed by atoms with E-state index in [-0.39, 0.29) is 25.7 Å². The fraction of sp³-hybridized carbons (Fsp3) is 0.946. The van der Waals surface area contributed by atoms with Gasteiger partial charge in [-0.05, 0) is 49.4 Å². The second kappa shape index (κ2) is 63.5. The lowest BCUT2D eigenvalue weighted by molar-refractivity contribution is -0.161. The molecule has 0 aromatic rings. The number of esters is 4. The highest BCUT2D eigenvalue weighted by Gasteiger charge is 2.30. The highest BCUT2D eigenvalue weighted by molar-refractivity contribution is 7.47. The summed E-state index contributed by atoms with van der Waals surface area (Å²) in [5.74, 6) is 0.916. The van der Waals surface area contributed by atoms with E-state index >= 15 is 0 Å². The van der Waals surface area contributed by atoms with Gasteiger partial charge in [0.25, 0.3) is 0 Å². The predicted molar refractivity (Wildman–Crippen MR) is 377 cm³/mol. The van der Waals surface area contributed by atoms with Crippen molar-refractivity contribution in [3.63, 3.8) is 0 Å². The minimum absolute atomic E-state index is 0.105. The van der Waals surface area contributed by atoms with Crippen LogP contribution in [0.25, 0.3) is 0 Å². The third-order valence-corrected chi connectivity index (χ3v) is 19.3. The van der Waals surface area contributed by atoms with Crippen LogP contribution in [-0.2, 0) is 65.4 Å². The molecule has 0 aliphatic rings. The number of aliphatic hydroxyl groups excluding tert-OH is 1. The van der Waals surface area contributed by atoms with E-state index in [2.05, 4.69) is 55.4 Å². The van der Waals surface area contributed by atoms with Gasteiger partial charge in [-0.2, -0.15) is 0 Å². The SMILES string of the molecule is CCC(C)CCCCCCCCCCCCC(=O)OC[C@H](COP(=O)(O)OC[C@@H](O)COP(=O)(O)OC[C@@H](COC(=O)CCCCCCCCC(C)C)OC(=O)CCCCCCCCCCCCCC(C)C)OC(=O)CCCCCCCCCCCCCCCC(C)C. The topological polar surface area (TPSA) is 237 Å². The Bertz CT molecular complexity index is 1840. The minimum Gasteiger partial charge on any atom is -0.462 e. The molecule has 0 aromatic carbocycles. The van der Waals surface area contributed by atoms with Crippen LogP contribution in [0.3, 0.4) is 0 Å². The quantitative estimate of drug-likeness (QED) is 0.0222.